The van der Waals surface area contributed by atoms with Gasteiger partial charge in [-0.3, -0.25) is 24.0 Å². The van der Waals surface area contributed by atoms with Gasteiger partial charge in [0.1, 0.15) is 11.4 Å². The monoisotopic (exact) mass is 366 g/mol. The molecule has 3 aromatic rings. The third-order valence-electron chi connectivity index (χ3n) is 4.23. The van der Waals surface area contributed by atoms with Crippen LogP contribution in [0.3, 0.4) is 0 Å². The zero-order chi connectivity index (χ0) is 18.4. The minimum atomic E-state index is -0.374. The molecule has 0 saturated carbocycles. The highest BCUT2D eigenvalue weighted by Gasteiger charge is 2.32. The van der Waals surface area contributed by atoms with Gasteiger partial charge in [0.25, 0.3) is 17.7 Å². The molecule has 1 aliphatic heterocycles. The third kappa shape index (κ3) is 2.51. The number of aromatic nitrogens is 2. The highest BCUT2D eigenvalue weighted by Crippen LogP contribution is 2.26. The first-order valence-electron chi connectivity index (χ1n) is 7.81. The van der Waals surface area contributed by atoms with Crippen LogP contribution in [0.2, 0.25) is 0 Å². The lowest BCUT2D eigenvalue weighted by molar-refractivity contribution is 0.0692. The minimum absolute atomic E-state index is 0.291. The summed E-state index contributed by atoms with van der Waals surface area (Å²) in [5.41, 5.74) is 2.21. The van der Waals surface area contributed by atoms with E-state index in [1.807, 2.05) is 17.5 Å². The maximum atomic E-state index is 12.6. The maximum absolute atomic E-state index is 12.6. The lowest BCUT2D eigenvalue weighted by atomic mass is 10.1. The highest BCUT2D eigenvalue weighted by atomic mass is 32.1. The van der Waals surface area contributed by atoms with E-state index in [1.54, 1.807) is 36.6 Å². The molecule has 0 saturated heterocycles. The number of benzene rings is 1. The van der Waals surface area contributed by atoms with Crippen molar-refractivity contribution >= 4 is 34.7 Å². The van der Waals surface area contributed by atoms with Crippen LogP contribution >= 0.6 is 11.3 Å². The van der Waals surface area contributed by atoms with Crippen molar-refractivity contribution in [3.63, 3.8) is 0 Å². The molecule has 8 heteroatoms. The number of anilines is 1. The summed E-state index contributed by atoms with van der Waals surface area (Å²) in [6.45, 7) is 0. The van der Waals surface area contributed by atoms with E-state index in [0.717, 1.165) is 15.5 Å². The molecular weight excluding hydrogens is 352 g/mol. The zero-order valence-electron chi connectivity index (χ0n) is 14.0. The van der Waals surface area contributed by atoms with E-state index in [2.05, 4.69) is 10.4 Å². The molecule has 0 spiro atoms. The van der Waals surface area contributed by atoms with Crippen molar-refractivity contribution in [3.05, 3.63) is 58.6 Å². The molecule has 0 aliphatic carbocycles. The Labute approximate surface area is 152 Å². The number of amides is 3. The van der Waals surface area contributed by atoms with Gasteiger partial charge in [-0.05, 0) is 35.7 Å². The molecule has 1 N–H and O–H groups in total. The van der Waals surface area contributed by atoms with E-state index in [9.17, 15) is 14.4 Å². The number of hydrogen-bond acceptors (Lipinski definition) is 5. The van der Waals surface area contributed by atoms with Crippen LogP contribution < -0.4 is 5.32 Å². The van der Waals surface area contributed by atoms with Crippen molar-refractivity contribution < 1.29 is 14.4 Å². The van der Waals surface area contributed by atoms with E-state index < -0.39 is 0 Å². The summed E-state index contributed by atoms with van der Waals surface area (Å²) in [6, 6.07) is 10.3. The number of nitrogens with one attached hydrogen (secondary N) is 1. The van der Waals surface area contributed by atoms with Crippen LogP contribution in [0.5, 0.6) is 0 Å². The number of aryl methyl sites for hydroxylation is 1. The smallest absolute Gasteiger partial charge is 0.273 e. The Hall–Kier alpha value is -3.26. The molecule has 130 valence electrons. The Morgan fingerprint density at radius 2 is 1.85 bits per heavy atom. The van der Waals surface area contributed by atoms with Gasteiger partial charge >= 0.3 is 0 Å². The van der Waals surface area contributed by atoms with Crippen molar-refractivity contribution in [1.29, 1.82) is 0 Å². The van der Waals surface area contributed by atoms with Gasteiger partial charge in [0.15, 0.2) is 0 Å². The minimum Gasteiger partial charge on any atom is -0.321 e. The van der Waals surface area contributed by atoms with Gasteiger partial charge in [0, 0.05) is 19.8 Å². The van der Waals surface area contributed by atoms with Crippen LogP contribution in [0.15, 0.2) is 41.8 Å². The van der Waals surface area contributed by atoms with Crippen LogP contribution in [-0.4, -0.2) is 39.4 Å². The number of rotatable bonds is 3. The van der Waals surface area contributed by atoms with Crippen LogP contribution in [0, 0.1) is 0 Å². The topological polar surface area (TPSA) is 84.3 Å². The van der Waals surface area contributed by atoms with E-state index in [0.29, 0.717) is 22.5 Å². The fourth-order valence-electron chi connectivity index (χ4n) is 2.86. The lowest BCUT2D eigenvalue weighted by Crippen LogP contribution is -2.24. The zero-order valence-corrected chi connectivity index (χ0v) is 14.8. The first-order chi connectivity index (χ1) is 12.5. The van der Waals surface area contributed by atoms with Crippen molar-refractivity contribution in [1.82, 2.24) is 14.7 Å². The molecule has 7 nitrogen and oxygen atoms in total. The quantitative estimate of drug-likeness (QED) is 0.722. The SMILES string of the molecule is CN1C(=O)c2ccc(NC(=O)c3cc(-c4cccs4)nn3C)cc2C1=O. The van der Waals surface area contributed by atoms with Gasteiger partial charge in [0.05, 0.1) is 16.0 Å². The number of fused-ring (bicyclic) bond motifs is 1. The summed E-state index contributed by atoms with van der Waals surface area (Å²) in [6.07, 6.45) is 0. The molecular formula is C18H14N4O3S. The van der Waals surface area contributed by atoms with Crippen molar-refractivity contribution in [3.8, 4) is 10.6 Å². The predicted molar refractivity (Wildman–Crippen MR) is 97.3 cm³/mol. The summed E-state index contributed by atoms with van der Waals surface area (Å²) in [5.74, 6) is -1.05. The van der Waals surface area contributed by atoms with Crippen molar-refractivity contribution in [2.24, 2.45) is 7.05 Å². The van der Waals surface area contributed by atoms with Gasteiger partial charge in [-0.15, -0.1) is 11.3 Å². The molecule has 26 heavy (non-hydrogen) atoms. The first kappa shape index (κ1) is 16.2. The molecule has 0 radical (unpaired) electrons. The van der Waals surface area contributed by atoms with E-state index in [1.165, 1.54) is 17.8 Å². The number of imide groups is 1. The van der Waals surface area contributed by atoms with Crippen molar-refractivity contribution in [2.75, 3.05) is 12.4 Å². The molecule has 0 unspecified atom stereocenters. The first-order valence-corrected chi connectivity index (χ1v) is 8.69. The predicted octanol–water partition coefficient (Wildman–Crippen LogP) is 2.63. The molecule has 3 heterocycles. The van der Waals surface area contributed by atoms with E-state index in [4.69, 9.17) is 0 Å². The summed E-state index contributed by atoms with van der Waals surface area (Å²) < 4.78 is 1.51. The second-order valence-corrected chi connectivity index (χ2v) is 6.85. The number of hydrogen-bond donors (Lipinski definition) is 1. The van der Waals surface area contributed by atoms with Gasteiger partial charge in [-0.1, -0.05) is 6.07 Å². The molecule has 1 aromatic carbocycles. The normalized spacial score (nSPS) is 13.2. The number of carbonyl (C=O) groups excluding carboxylic acids is 3. The summed E-state index contributed by atoms with van der Waals surface area (Å²) in [4.78, 5) is 38.6. The fraction of sp³-hybridized carbons (Fsp3) is 0.111. The highest BCUT2D eigenvalue weighted by molar-refractivity contribution is 7.13. The average molecular weight is 366 g/mol. The van der Waals surface area contributed by atoms with Crippen LogP contribution in [0.1, 0.15) is 31.2 Å². The number of nitrogens with zero attached hydrogens (tertiary/aromatic N) is 3. The second kappa shape index (κ2) is 5.92. The molecule has 2 aromatic heterocycles. The maximum Gasteiger partial charge on any atom is 0.273 e. The Bertz CT molecular complexity index is 1050. The van der Waals surface area contributed by atoms with Crippen LogP contribution in [0.4, 0.5) is 5.69 Å². The Balaban J connectivity index is 1.60. The standard InChI is InChI=1S/C18H14N4O3S/c1-21-17(24)11-6-5-10(8-12(11)18(21)25)19-16(23)14-9-13(20-22(14)2)15-4-3-7-26-15/h3-9H,1-2H3,(H,19,23). The van der Waals surface area contributed by atoms with Gasteiger partial charge in [0.2, 0.25) is 0 Å². The molecule has 3 amide bonds. The average Bonchev–Trinajstić information content (AvgIpc) is 3.32. The molecule has 1 aliphatic rings. The largest absolute Gasteiger partial charge is 0.321 e. The van der Waals surface area contributed by atoms with Gasteiger partial charge in [-0.25, -0.2) is 0 Å². The Morgan fingerprint density at radius 3 is 2.58 bits per heavy atom. The second-order valence-electron chi connectivity index (χ2n) is 5.90. The molecule has 4 rings (SSSR count). The third-order valence-corrected chi connectivity index (χ3v) is 5.13. The summed E-state index contributed by atoms with van der Waals surface area (Å²) in [5, 5.41) is 9.07. The van der Waals surface area contributed by atoms with Gasteiger partial charge in [-0.2, -0.15) is 5.10 Å². The fourth-order valence-corrected chi connectivity index (χ4v) is 3.54. The van der Waals surface area contributed by atoms with Crippen LogP contribution in [0.25, 0.3) is 10.6 Å². The molecule has 0 bridgehead atoms. The number of thiophene rings is 1. The summed E-state index contributed by atoms with van der Waals surface area (Å²) in [7, 11) is 3.14. The summed E-state index contributed by atoms with van der Waals surface area (Å²) >= 11 is 1.55. The molecule has 0 atom stereocenters. The Kier molecular flexibility index (Phi) is 3.69. The lowest BCUT2D eigenvalue weighted by Gasteiger charge is -2.06. The molecule has 0 fully saturated rings. The van der Waals surface area contributed by atoms with E-state index >= 15 is 0 Å². The van der Waals surface area contributed by atoms with E-state index in [-0.39, 0.29) is 17.7 Å². The van der Waals surface area contributed by atoms with Gasteiger partial charge < -0.3 is 5.32 Å². The van der Waals surface area contributed by atoms with Crippen LogP contribution in [-0.2, 0) is 7.05 Å². The van der Waals surface area contributed by atoms with Crippen molar-refractivity contribution in [2.45, 2.75) is 0 Å². The number of carbonyl (C=O) groups is 3. The Morgan fingerprint density at radius 1 is 1.08 bits per heavy atom.